The van der Waals surface area contributed by atoms with Crippen LogP contribution in [0.1, 0.15) is 104 Å². The third-order valence-corrected chi connectivity index (χ3v) is 5.55. The minimum absolute atomic E-state index is 0.331. The lowest BCUT2D eigenvalue weighted by Gasteiger charge is -2.12. The first-order valence-corrected chi connectivity index (χ1v) is 11.3. The number of rotatable bonds is 17. The summed E-state index contributed by atoms with van der Waals surface area (Å²) in [5.41, 5.74) is 0. The molecule has 134 valence electrons. The van der Waals surface area contributed by atoms with Crippen LogP contribution in [-0.2, 0) is 9.09 Å². The van der Waals surface area contributed by atoms with Crippen LogP contribution < -0.4 is 0 Å². The number of hydrogen-bond acceptors (Lipinski definition) is 2. The fourth-order valence-corrected chi connectivity index (χ4v) is 3.77. The average Bonchev–Trinajstić information content (AvgIpc) is 2.49. The van der Waals surface area contributed by atoms with Crippen molar-refractivity contribution in [1.82, 2.24) is 0 Å². The Morgan fingerprint density at radius 3 is 1.59 bits per heavy atom. The van der Waals surface area contributed by atoms with E-state index in [4.69, 9.17) is 4.52 Å². The minimum Gasteiger partial charge on any atom is -0.324 e. The second-order valence-corrected chi connectivity index (χ2v) is 8.42. The van der Waals surface area contributed by atoms with E-state index in [9.17, 15) is 9.46 Å². The van der Waals surface area contributed by atoms with Crippen LogP contribution in [0.2, 0.25) is 0 Å². The largest absolute Gasteiger partial charge is 0.328 e. The molecular formula is C18H39O3P. The minimum atomic E-state index is -3.32. The monoisotopic (exact) mass is 334 g/mol. The number of hydrogen-bond donors (Lipinski definition) is 1. The van der Waals surface area contributed by atoms with E-state index in [-0.39, 0.29) is 0 Å². The standard InChI is InChI=1S/C18H39O3P/c1-3-5-7-9-11-13-15-17-21-22(19,20)18-16-14-12-10-8-6-4-2/h3-18H2,1-2H3,(H,19,20). The van der Waals surface area contributed by atoms with Gasteiger partial charge in [0.25, 0.3) is 0 Å². The Hall–Kier alpha value is 0.150. The highest BCUT2D eigenvalue weighted by Crippen LogP contribution is 2.43. The Balaban J connectivity index is 3.36. The zero-order valence-electron chi connectivity index (χ0n) is 15.0. The molecule has 3 nitrogen and oxygen atoms in total. The quantitative estimate of drug-likeness (QED) is 0.238. The van der Waals surface area contributed by atoms with Gasteiger partial charge in [0.15, 0.2) is 0 Å². The molecule has 22 heavy (non-hydrogen) atoms. The Morgan fingerprint density at radius 2 is 1.09 bits per heavy atom. The Bertz CT molecular complexity index is 269. The molecule has 0 aliphatic carbocycles. The van der Waals surface area contributed by atoms with Crippen molar-refractivity contribution < 1.29 is 14.0 Å². The van der Waals surface area contributed by atoms with Gasteiger partial charge in [-0.05, 0) is 12.8 Å². The van der Waals surface area contributed by atoms with E-state index < -0.39 is 7.60 Å². The molecule has 0 amide bonds. The molecule has 0 bridgehead atoms. The van der Waals surface area contributed by atoms with Crippen LogP contribution in [0.4, 0.5) is 0 Å². The van der Waals surface area contributed by atoms with Crippen molar-refractivity contribution >= 4 is 7.60 Å². The highest BCUT2D eigenvalue weighted by molar-refractivity contribution is 7.52. The summed E-state index contributed by atoms with van der Waals surface area (Å²) in [6.07, 6.45) is 16.9. The lowest BCUT2D eigenvalue weighted by molar-refractivity contribution is 0.252. The summed E-state index contributed by atoms with van der Waals surface area (Å²) in [5.74, 6) is 0. The third kappa shape index (κ3) is 16.5. The van der Waals surface area contributed by atoms with Gasteiger partial charge in [0.05, 0.1) is 6.61 Å². The maximum absolute atomic E-state index is 11.9. The van der Waals surface area contributed by atoms with Crippen molar-refractivity contribution in [3.05, 3.63) is 0 Å². The molecule has 0 fully saturated rings. The van der Waals surface area contributed by atoms with E-state index in [1.165, 1.54) is 64.2 Å². The van der Waals surface area contributed by atoms with Crippen molar-refractivity contribution in [2.75, 3.05) is 12.8 Å². The molecule has 0 aromatic heterocycles. The van der Waals surface area contributed by atoms with Crippen LogP contribution >= 0.6 is 7.60 Å². The highest BCUT2D eigenvalue weighted by Gasteiger charge is 2.17. The van der Waals surface area contributed by atoms with Gasteiger partial charge in [-0.3, -0.25) is 4.57 Å². The molecule has 4 heteroatoms. The molecule has 0 heterocycles. The summed E-state index contributed by atoms with van der Waals surface area (Å²) in [4.78, 5) is 9.76. The van der Waals surface area contributed by atoms with Crippen molar-refractivity contribution in [2.45, 2.75) is 104 Å². The summed E-state index contributed by atoms with van der Waals surface area (Å²) in [6.45, 7) is 4.88. The Kier molecular flexibility index (Phi) is 16.1. The summed E-state index contributed by atoms with van der Waals surface area (Å²) in [6, 6.07) is 0. The second kappa shape index (κ2) is 16.0. The molecule has 0 aliphatic rings. The van der Waals surface area contributed by atoms with E-state index in [1.54, 1.807) is 0 Å². The van der Waals surface area contributed by atoms with Crippen LogP contribution in [-0.4, -0.2) is 17.7 Å². The van der Waals surface area contributed by atoms with Gasteiger partial charge in [-0.1, -0.05) is 90.9 Å². The fraction of sp³-hybridized carbons (Fsp3) is 1.00. The SMILES string of the molecule is CCCCCCCCCOP(=O)(O)CCCCCCCCC. The van der Waals surface area contributed by atoms with Crippen LogP contribution in [0.15, 0.2) is 0 Å². The molecule has 0 aromatic rings. The average molecular weight is 334 g/mol. The summed E-state index contributed by atoms with van der Waals surface area (Å²) in [7, 11) is -3.32. The van der Waals surface area contributed by atoms with Gasteiger partial charge in [-0.15, -0.1) is 0 Å². The van der Waals surface area contributed by atoms with Crippen molar-refractivity contribution in [3.63, 3.8) is 0 Å². The molecule has 0 spiro atoms. The lowest BCUT2D eigenvalue weighted by Crippen LogP contribution is -1.97. The van der Waals surface area contributed by atoms with Crippen LogP contribution in [0.3, 0.4) is 0 Å². The normalized spacial score (nSPS) is 14.1. The summed E-state index contributed by atoms with van der Waals surface area (Å²) < 4.78 is 17.1. The van der Waals surface area contributed by atoms with Crippen LogP contribution in [0.5, 0.6) is 0 Å². The first-order valence-electron chi connectivity index (χ1n) is 9.58. The topological polar surface area (TPSA) is 46.5 Å². The van der Waals surface area contributed by atoms with E-state index in [2.05, 4.69) is 13.8 Å². The van der Waals surface area contributed by atoms with E-state index in [0.29, 0.717) is 12.8 Å². The molecule has 0 aliphatic heterocycles. The zero-order chi connectivity index (χ0) is 16.5. The summed E-state index contributed by atoms with van der Waals surface area (Å²) >= 11 is 0. The Labute approximate surface area is 138 Å². The smallest absolute Gasteiger partial charge is 0.324 e. The summed E-state index contributed by atoms with van der Waals surface area (Å²) in [5, 5.41) is 0. The zero-order valence-corrected chi connectivity index (χ0v) is 15.9. The van der Waals surface area contributed by atoms with Crippen LogP contribution in [0, 0.1) is 0 Å². The van der Waals surface area contributed by atoms with Gasteiger partial charge in [-0.2, -0.15) is 0 Å². The van der Waals surface area contributed by atoms with Crippen molar-refractivity contribution in [2.24, 2.45) is 0 Å². The fourth-order valence-electron chi connectivity index (χ4n) is 2.60. The van der Waals surface area contributed by atoms with Gasteiger partial charge in [0.2, 0.25) is 0 Å². The van der Waals surface area contributed by atoms with Gasteiger partial charge in [-0.25, -0.2) is 0 Å². The van der Waals surface area contributed by atoms with Gasteiger partial charge >= 0.3 is 7.60 Å². The molecule has 0 saturated heterocycles. The molecule has 1 N–H and O–H groups in total. The first-order chi connectivity index (χ1) is 10.6. The molecule has 0 rings (SSSR count). The third-order valence-electron chi connectivity index (χ3n) is 4.09. The number of unbranched alkanes of at least 4 members (excludes halogenated alkanes) is 12. The second-order valence-electron chi connectivity index (χ2n) is 6.44. The molecule has 1 unspecified atom stereocenters. The predicted molar refractivity (Wildman–Crippen MR) is 96.6 cm³/mol. The van der Waals surface area contributed by atoms with E-state index in [0.717, 1.165) is 25.7 Å². The molecule has 0 saturated carbocycles. The van der Waals surface area contributed by atoms with Gasteiger partial charge in [0.1, 0.15) is 0 Å². The highest BCUT2D eigenvalue weighted by atomic mass is 31.2. The molecular weight excluding hydrogens is 295 g/mol. The maximum atomic E-state index is 11.9. The van der Waals surface area contributed by atoms with Crippen molar-refractivity contribution in [3.8, 4) is 0 Å². The van der Waals surface area contributed by atoms with Crippen molar-refractivity contribution in [1.29, 1.82) is 0 Å². The lowest BCUT2D eigenvalue weighted by atomic mass is 10.1. The molecule has 0 aromatic carbocycles. The molecule has 1 atom stereocenters. The van der Waals surface area contributed by atoms with E-state index >= 15 is 0 Å². The first kappa shape index (κ1) is 22.1. The van der Waals surface area contributed by atoms with E-state index in [1.807, 2.05) is 0 Å². The molecule has 0 radical (unpaired) electrons. The van der Waals surface area contributed by atoms with Crippen LogP contribution in [0.25, 0.3) is 0 Å². The maximum Gasteiger partial charge on any atom is 0.328 e. The predicted octanol–water partition coefficient (Wildman–Crippen LogP) is 6.69. The van der Waals surface area contributed by atoms with Gasteiger partial charge < -0.3 is 9.42 Å². The Morgan fingerprint density at radius 1 is 0.682 bits per heavy atom. The van der Waals surface area contributed by atoms with Gasteiger partial charge in [0, 0.05) is 6.16 Å².